The summed E-state index contributed by atoms with van der Waals surface area (Å²) in [5.41, 5.74) is 3.43. The lowest BCUT2D eigenvalue weighted by Crippen LogP contribution is -2.14. The number of rotatable bonds is 5. The number of carbonyl (C=O) groups is 1. The molecule has 0 bridgehead atoms. The third kappa shape index (κ3) is 4.31. The molecule has 0 fully saturated rings. The summed E-state index contributed by atoms with van der Waals surface area (Å²) in [5.74, 6) is -0.129. The summed E-state index contributed by atoms with van der Waals surface area (Å²) in [6.45, 7) is 5.66. The minimum atomic E-state index is -0.129. The van der Waals surface area contributed by atoms with Crippen molar-refractivity contribution in [3.05, 3.63) is 64.2 Å². The smallest absolute Gasteiger partial charge is 0.255 e. The molecule has 0 saturated heterocycles. The molecular formula is C17H19ClN2O. The van der Waals surface area contributed by atoms with E-state index in [4.69, 9.17) is 11.6 Å². The zero-order valence-electron chi connectivity index (χ0n) is 12.2. The van der Waals surface area contributed by atoms with Crippen molar-refractivity contribution in [2.45, 2.75) is 20.4 Å². The van der Waals surface area contributed by atoms with E-state index in [0.29, 0.717) is 10.6 Å². The van der Waals surface area contributed by atoms with Gasteiger partial charge in [-0.15, -0.1) is 0 Å². The third-order valence-electron chi connectivity index (χ3n) is 3.18. The standard InChI is InChI=1S/C17H19ClN2O/c1-3-19-11-13-5-4-6-15(10-13)20-17(21)14-7-8-16(18)12(2)9-14/h4-10,19H,3,11H2,1-2H3,(H,20,21). The molecule has 0 aliphatic carbocycles. The summed E-state index contributed by atoms with van der Waals surface area (Å²) < 4.78 is 0. The molecule has 21 heavy (non-hydrogen) atoms. The highest BCUT2D eigenvalue weighted by Crippen LogP contribution is 2.18. The number of halogens is 1. The van der Waals surface area contributed by atoms with Crippen molar-refractivity contribution in [1.29, 1.82) is 0 Å². The Morgan fingerprint density at radius 3 is 2.71 bits per heavy atom. The van der Waals surface area contributed by atoms with E-state index < -0.39 is 0 Å². The summed E-state index contributed by atoms with van der Waals surface area (Å²) in [6.07, 6.45) is 0. The summed E-state index contributed by atoms with van der Waals surface area (Å²) in [7, 11) is 0. The minimum absolute atomic E-state index is 0.129. The average molecular weight is 303 g/mol. The van der Waals surface area contributed by atoms with Crippen LogP contribution in [0.4, 0.5) is 5.69 Å². The fourth-order valence-corrected chi connectivity index (χ4v) is 2.14. The Hall–Kier alpha value is -1.84. The van der Waals surface area contributed by atoms with Crippen molar-refractivity contribution in [1.82, 2.24) is 5.32 Å². The Morgan fingerprint density at radius 2 is 2.00 bits per heavy atom. The van der Waals surface area contributed by atoms with Gasteiger partial charge in [-0.05, 0) is 54.9 Å². The van der Waals surface area contributed by atoms with Crippen LogP contribution in [0.25, 0.3) is 0 Å². The van der Waals surface area contributed by atoms with E-state index in [0.717, 1.165) is 29.9 Å². The molecule has 1 amide bonds. The van der Waals surface area contributed by atoms with Crippen LogP contribution >= 0.6 is 11.6 Å². The lowest BCUT2D eigenvalue weighted by atomic mass is 10.1. The van der Waals surface area contributed by atoms with Gasteiger partial charge >= 0.3 is 0 Å². The second-order valence-electron chi connectivity index (χ2n) is 4.90. The van der Waals surface area contributed by atoms with Crippen LogP contribution in [-0.2, 0) is 6.54 Å². The van der Waals surface area contributed by atoms with Gasteiger partial charge in [0.2, 0.25) is 0 Å². The highest BCUT2D eigenvalue weighted by atomic mass is 35.5. The number of hydrogen-bond acceptors (Lipinski definition) is 2. The molecule has 0 heterocycles. The molecule has 4 heteroatoms. The Bertz CT molecular complexity index is 640. The molecule has 0 aliphatic rings. The zero-order valence-corrected chi connectivity index (χ0v) is 13.0. The number of nitrogens with one attached hydrogen (secondary N) is 2. The molecular weight excluding hydrogens is 284 g/mol. The predicted octanol–water partition coefficient (Wildman–Crippen LogP) is 4.01. The molecule has 2 aromatic rings. The Kier molecular flexibility index (Phi) is 5.37. The molecule has 110 valence electrons. The lowest BCUT2D eigenvalue weighted by molar-refractivity contribution is 0.102. The second-order valence-corrected chi connectivity index (χ2v) is 5.31. The van der Waals surface area contributed by atoms with Gasteiger partial charge in [0, 0.05) is 22.8 Å². The second kappa shape index (κ2) is 7.25. The highest BCUT2D eigenvalue weighted by molar-refractivity contribution is 6.31. The normalized spacial score (nSPS) is 10.4. The summed E-state index contributed by atoms with van der Waals surface area (Å²) in [4.78, 5) is 12.2. The average Bonchev–Trinajstić information content (AvgIpc) is 2.48. The van der Waals surface area contributed by atoms with Crippen molar-refractivity contribution >= 4 is 23.2 Å². The molecule has 0 aromatic heterocycles. The summed E-state index contributed by atoms with van der Waals surface area (Å²) >= 11 is 5.98. The number of anilines is 1. The fourth-order valence-electron chi connectivity index (χ4n) is 2.02. The lowest BCUT2D eigenvalue weighted by Gasteiger charge is -2.09. The topological polar surface area (TPSA) is 41.1 Å². The first kappa shape index (κ1) is 15.5. The van der Waals surface area contributed by atoms with E-state index in [1.54, 1.807) is 18.2 Å². The minimum Gasteiger partial charge on any atom is -0.322 e. The maximum atomic E-state index is 12.2. The molecule has 2 aromatic carbocycles. The van der Waals surface area contributed by atoms with E-state index in [1.807, 2.05) is 31.2 Å². The monoisotopic (exact) mass is 302 g/mol. The summed E-state index contributed by atoms with van der Waals surface area (Å²) in [5, 5.41) is 6.84. The molecule has 3 nitrogen and oxygen atoms in total. The van der Waals surface area contributed by atoms with Crippen LogP contribution < -0.4 is 10.6 Å². The Labute approximate surface area is 130 Å². The van der Waals surface area contributed by atoms with Gasteiger partial charge in [-0.3, -0.25) is 4.79 Å². The fraction of sp³-hybridized carbons (Fsp3) is 0.235. The maximum absolute atomic E-state index is 12.2. The van der Waals surface area contributed by atoms with E-state index in [-0.39, 0.29) is 5.91 Å². The Balaban J connectivity index is 2.10. The van der Waals surface area contributed by atoms with Gasteiger partial charge in [0.25, 0.3) is 5.91 Å². The predicted molar refractivity (Wildman–Crippen MR) is 88.0 cm³/mol. The molecule has 2 N–H and O–H groups in total. The van der Waals surface area contributed by atoms with Crippen LogP contribution in [0.15, 0.2) is 42.5 Å². The molecule has 0 aliphatic heterocycles. The van der Waals surface area contributed by atoms with Gasteiger partial charge in [-0.2, -0.15) is 0 Å². The first-order chi connectivity index (χ1) is 10.1. The van der Waals surface area contributed by atoms with E-state index in [1.165, 1.54) is 0 Å². The molecule has 0 spiro atoms. The number of aryl methyl sites for hydroxylation is 1. The van der Waals surface area contributed by atoms with Gasteiger partial charge in [0.1, 0.15) is 0 Å². The number of hydrogen-bond donors (Lipinski definition) is 2. The zero-order chi connectivity index (χ0) is 15.2. The van der Waals surface area contributed by atoms with Gasteiger partial charge in [-0.25, -0.2) is 0 Å². The SMILES string of the molecule is CCNCc1cccc(NC(=O)c2ccc(Cl)c(C)c2)c1. The maximum Gasteiger partial charge on any atom is 0.255 e. The highest BCUT2D eigenvalue weighted by Gasteiger charge is 2.08. The van der Waals surface area contributed by atoms with Gasteiger partial charge in [-0.1, -0.05) is 30.7 Å². The van der Waals surface area contributed by atoms with Gasteiger partial charge in [0.05, 0.1) is 0 Å². The molecule has 0 saturated carbocycles. The van der Waals surface area contributed by atoms with E-state index in [2.05, 4.69) is 17.6 Å². The van der Waals surface area contributed by atoms with E-state index in [9.17, 15) is 4.79 Å². The first-order valence-corrected chi connectivity index (χ1v) is 7.35. The molecule has 2 rings (SSSR count). The molecule has 0 radical (unpaired) electrons. The van der Waals surface area contributed by atoms with Gasteiger partial charge < -0.3 is 10.6 Å². The molecule has 0 unspecified atom stereocenters. The van der Waals surface area contributed by atoms with Crippen molar-refractivity contribution in [2.75, 3.05) is 11.9 Å². The van der Waals surface area contributed by atoms with Crippen molar-refractivity contribution in [2.24, 2.45) is 0 Å². The van der Waals surface area contributed by atoms with Crippen LogP contribution in [0.3, 0.4) is 0 Å². The van der Waals surface area contributed by atoms with Crippen LogP contribution in [0.2, 0.25) is 5.02 Å². The summed E-state index contributed by atoms with van der Waals surface area (Å²) in [6, 6.07) is 13.1. The van der Waals surface area contributed by atoms with Crippen LogP contribution in [-0.4, -0.2) is 12.5 Å². The first-order valence-electron chi connectivity index (χ1n) is 6.97. The van der Waals surface area contributed by atoms with Crippen molar-refractivity contribution in [3.8, 4) is 0 Å². The number of carbonyl (C=O) groups excluding carboxylic acids is 1. The van der Waals surface area contributed by atoms with Crippen LogP contribution in [0.1, 0.15) is 28.4 Å². The van der Waals surface area contributed by atoms with Gasteiger partial charge in [0.15, 0.2) is 0 Å². The third-order valence-corrected chi connectivity index (χ3v) is 3.61. The largest absolute Gasteiger partial charge is 0.322 e. The quantitative estimate of drug-likeness (QED) is 0.876. The van der Waals surface area contributed by atoms with E-state index >= 15 is 0 Å². The number of amides is 1. The van der Waals surface area contributed by atoms with Crippen LogP contribution in [0.5, 0.6) is 0 Å². The van der Waals surface area contributed by atoms with Crippen LogP contribution in [0, 0.1) is 6.92 Å². The number of benzene rings is 2. The van der Waals surface area contributed by atoms with Crippen molar-refractivity contribution in [3.63, 3.8) is 0 Å². The molecule has 0 atom stereocenters. The van der Waals surface area contributed by atoms with Crippen molar-refractivity contribution < 1.29 is 4.79 Å². The Morgan fingerprint density at radius 1 is 1.19 bits per heavy atom.